The zero-order valence-corrected chi connectivity index (χ0v) is 11.5. The summed E-state index contributed by atoms with van der Waals surface area (Å²) in [5.41, 5.74) is 2.38. The van der Waals surface area contributed by atoms with Crippen LogP contribution in [-0.4, -0.2) is 20.2 Å². The van der Waals surface area contributed by atoms with Crippen LogP contribution in [0.1, 0.15) is 0 Å². The van der Waals surface area contributed by atoms with Gasteiger partial charge in [0.05, 0.1) is 28.9 Å². The smallest absolute Gasteiger partial charge is 0.238 e. The van der Waals surface area contributed by atoms with Crippen molar-refractivity contribution in [2.45, 2.75) is 0 Å². The van der Waals surface area contributed by atoms with Gasteiger partial charge in [0, 0.05) is 16.5 Å². The number of benzene rings is 2. The summed E-state index contributed by atoms with van der Waals surface area (Å²) in [5, 5.41) is 8.54. The first-order valence-electron chi connectivity index (χ1n) is 6.31. The van der Waals surface area contributed by atoms with Gasteiger partial charge in [0.15, 0.2) is 0 Å². The highest BCUT2D eigenvalue weighted by Gasteiger charge is 2.04. The molecule has 4 rings (SSSR count). The minimum atomic E-state index is 0.434. The summed E-state index contributed by atoms with van der Waals surface area (Å²) in [4.78, 5) is 8.71. The maximum absolute atomic E-state index is 5.92. The van der Waals surface area contributed by atoms with Crippen molar-refractivity contribution in [3.05, 3.63) is 53.8 Å². The lowest BCUT2D eigenvalue weighted by Gasteiger charge is -2.05. The fraction of sp³-hybridized carbons (Fsp3) is 0. The Hall–Kier alpha value is -2.66. The molecule has 0 saturated heterocycles. The number of aromatic nitrogens is 4. The number of halogens is 1. The molecule has 0 fully saturated rings. The second-order valence-corrected chi connectivity index (χ2v) is 5.00. The van der Waals surface area contributed by atoms with Crippen molar-refractivity contribution in [3.63, 3.8) is 0 Å². The first kappa shape index (κ1) is 12.1. The number of aromatic amines is 1. The van der Waals surface area contributed by atoms with Gasteiger partial charge in [-0.1, -0.05) is 11.6 Å². The number of nitrogens with zero attached hydrogens (tertiary/aromatic N) is 3. The molecule has 0 aliphatic heterocycles. The second-order valence-electron chi connectivity index (χ2n) is 4.56. The van der Waals surface area contributed by atoms with E-state index in [4.69, 9.17) is 16.3 Å². The minimum Gasteiger partial charge on any atom is -0.437 e. The van der Waals surface area contributed by atoms with Crippen LogP contribution in [0.25, 0.3) is 21.9 Å². The van der Waals surface area contributed by atoms with E-state index in [9.17, 15) is 0 Å². The Morgan fingerprint density at radius 2 is 1.95 bits per heavy atom. The zero-order valence-electron chi connectivity index (χ0n) is 10.7. The first-order chi connectivity index (χ1) is 10.3. The van der Waals surface area contributed by atoms with E-state index in [-0.39, 0.29) is 0 Å². The lowest BCUT2D eigenvalue weighted by Crippen LogP contribution is -1.91. The van der Waals surface area contributed by atoms with Crippen LogP contribution in [0.15, 0.2) is 48.8 Å². The maximum atomic E-state index is 5.92. The summed E-state index contributed by atoms with van der Waals surface area (Å²) >= 11 is 5.92. The van der Waals surface area contributed by atoms with Gasteiger partial charge in [-0.05, 0) is 30.3 Å². The molecule has 1 N–H and O–H groups in total. The summed E-state index contributed by atoms with van der Waals surface area (Å²) in [6, 6.07) is 11.0. The number of ether oxygens (including phenoxy) is 1. The van der Waals surface area contributed by atoms with Crippen molar-refractivity contribution in [2.75, 3.05) is 0 Å². The lowest BCUT2D eigenvalue weighted by atomic mass is 10.2. The predicted molar refractivity (Wildman–Crippen MR) is 80.7 cm³/mol. The molecule has 0 bridgehead atoms. The molecular weight excluding hydrogens is 288 g/mol. The van der Waals surface area contributed by atoms with Crippen LogP contribution in [0.2, 0.25) is 5.02 Å². The Bertz CT molecular complexity index is 951. The molecule has 0 aliphatic rings. The SMILES string of the molecule is Clc1ccc2nc(Oc3ccc4cn[nH]c4c3)cnc2c1. The van der Waals surface area contributed by atoms with Crippen molar-refractivity contribution in [2.24, 2.45) is 0 Å². The minimum absolute atomic E-state index is 0.434. The van der Waals surface area contributed by atoms with Gasteiger partial charge in [-0.15, -0.1) is 0 Å². The monoisotopic (exact) mass is 296 g/mol. The second kappa shape index (κ2) is 4.71. The molecule has 4 aromatic rings. The van der Waals surface area contributed by atoms with Gasteiger partial charge in [-0.2, -0.15) is 5.10 Å². The van der Waals surface area contributed by atoms with Crippen LogP contribution in [0.5, 0.6) is 11.6 Å². The number of hydrogen-bond donors (Lipinski definition) is 1. The molecule has 0 unspecified atom stereocenters. The van der Waals surface area contributed by atoms with Gasteiger partial charge in [0.1, 0.15) is 5.75 Å². The molecule has 102 valence electrons. The highest BCUT2D eigenvalue weighted by Crippen LogP contribution is 2.24. The molecule has 0 saturated carbocycles. The highest BCUT2D eigenvalue weighted by atomic mass is 35.5. The van der Waals surface area contributed by atoms with Gasteiger partial charge in [0.2, 0.25) is 5.88 Å². The summed E-state index contributed by atoms with van der Waals surface area (Å²) in [5.74, 6) is 1.11. The van der Waals surface area contributed by atoms with Gasteiger partial charge in [-0.25, -0.2) is 9.97 Å². The van der Waals surface area contributed by atoms with Crippen molar-refractivity contribution in [1.82, 2.24) is 20.2 Å². The fourth-order valence-corrected chi connectivity index (χ4v) is 2.28. The molecule has 2 aromatic heterocycles. The Morgan fingerprint density at radius 3 is 2.90 bits per heavy atom. The summed E-state index contributed by atoms with van der Waals surface area (Å²) in [6.45, 7) is 0. The maximum Gasteiger partial charge on any atom is 0.238 e. The molecule has 0 aliphatic carbocycles. The van der Waals surface area contributed by atoms with E-state index in [2.05, 4.69) is 20.2 Å². The summed E-state index contributed by atoms with van der Waals surface area (Å²) in [7, 11) is 0. The third-order valence-corrected chi connectivity index (χ3v) is 3.35. The van der Waals surface area contributed by atoms with Crippen LogP contribution in [0.4, 0.5) is 0 Å². The number of rotatable bonds is 2. The normalized spacial score (nSPS) is 11.1. The number of fused-ring (bicyclic) bond motifs is 2. The topological polar surface area (TPSA) is 63.7 Å². The van der Waals surface area contributed by atoms with E-state index in [1.165, 1.54) is 0 Å². The number of hydrogen-bond acceptors (Lipinski definition) is 4. The summed E-state index contributed by atoms with van der Waals surface area (Å²) < 4.78 is 5.74. The predicted octanol–water partition coefficient (Wildman–Crippen LogP) is 3.95. The van der Waals surface area contributed by atoms with E-state index in [0.29, 0.717) is 16.7 Å². The largest absolute Gasteiger partial charge is 0.437 e. The third kappa shape index (κ3) is 2.28. The fourth-order valence-electron chi connectivity index (χ4n) is 2.12. The van der Waals surface area contributed by atoms with Crippen LogP contribution in [-0.2, 0) is 0 Å². The Kier molecular flexibility index (Phi) is 2.72. The molecule has 2 heterocycles. The van der Waals surface area contributed by atoms with Gasteiger partial charge in [-0.3, -0.25) is 5.10 Å². The van der Waals surface area contributed by atoms with Crippen molar-refractivity contribution in [1.29, 1.82) is 0 Å². The summed E-state index contributed by atoms with van der Waals surface area (Å²) in [6.07, 6.45) is 3.34. The van der Waals surface area contributed by atoms with E-state index < -0.39 is 0 Å². The molecule has 0 amide bonds. The van der Waals surface area contributed by atoms with Crippen LogP contribution in [0.3, 0.4) is 0 Å². The molecule has 0 radical (unpaired) electrons. The van der Waals surface area contributed by atoms with Gasteiger partial charge in [0.25, 0.3) is 0 Å². The molecule has 6 heteroatoms. The van der Waals surface area contributed by atoms with Crippen LogP contribution >= 0.6 is 11.6 Å². The highest BCUT2D eigenvalue weighted by molar-refractivity contribution is 6.31. The zero-order chi connectivity index (χ0) is 14.2. The Morgan fingerprint density at radius 1 is 1.00 bits per heavy atom. The molecule has 0 atom stereocenters. The first-order valence-corrected chi connectivity index (χ1v) is 6.69. The van der Waals surface area contributed by atoms with E-state index in [1.807, 2.05) is 24.3 Å². The van der Waals surface area contributed by atoms with E-state index in [1.54, 1.807) is 24.5 Å². The standard InChI is InChI=1S/C15H9ClN4O/c16-10-2-4-12-14(5-10)17-8-15(19-12)21-11-3-1-9-7-18-20-13(9)6-11/h1-8H,(H,18,20). The Labute approximate surface area is 124 Å². The Balaban J connectivity index is 1.71. The third-order valence-electron chi connectivity index (χ3n) is 3.12. The van der Waals surface area contributed by atoms with Crippen molar-refractivity contribution in [3.8, 4) is 11.6 Å². The number of H-pyrrole nitrogens is 1. The van der Waals surface area contributed by atoms with Crippen LogP contribution < -0.4 is 4.74 Å². The molecule has 2 aromatic carbocycles. The average molecular weight is 297 g/mol. The van der Waals surface area contributed by atoms with Crippen LogP contribution in [0, 0.1) is 0 Å². The van der Waals surface area contributed by atoms with Crippen molar-refractivity contribution >= 4 is 33.5 Å². The molecule has 5 nitrogen and oxygen atoms in total. The van der Waals surface area contributed by atoms with Gasteiger partial charge >= 0.3 is 0 Å². The van der Waals surface area contributed by atoms with Gasteiger partial charge < -0.3 is 4.74 Å². The lowest BCUT2D eigenvalue weighted by molar-refractivity contribution is 0.463. The van der Waals surface area contributed by atoms with Crippen molar-refractivity contribution < 1.29 is 4.74 Å². The number of nitrogens with one attached hydrogen (secondary N) is 1. The van der Waals surface area contributed by atoms with E-state index >= 15 is 0 Å². The molecular formula is C15H9ClN4O. The molecule has 0 spiro atoms. The average Bonchev–Trinajstić information content (AvgIpc) is 2.95. The van der Waals surface area contributed by atoms with E-state index in [0.717, 1.165) is 21.9 Å². The quantitative estimate of drug-likeness (QED) is 0.608. The molecule has 21 heavy (non-hydrogen) atoms.